The number of hydrogen-bond acceptors (Lipinski definition) is 4. The minimum absolute atomic E-state index is 0.514. The number of ether oxygens (including phenoxy) is 3. The SMILES string of the molecule is COC(=O)Nc1ccc(OC)cc1OC. The van der Waals surface area contributed by atoms with Gasteiger partial charge in [0, 0.05) is 6.07 Å². The van der Waals surface area contributed by atoms with Crippen molar-refractivity contribution >= 4 is 11.8 Å². The second-order valence-corrected chi connectivity index (χ2v) is 2.68. The van der Waals surface area contributed by atoms with E-state index in [-0.39, 0.29) is 0 Å². The first-order chi connectivity index (χ1) is 7.21. The summed E-state index contributed by atoms with van der Waals surface area (Å²) in [6.07, 6.45) is -0.543. The van der Waals surface area contributed by atoms with E-state index < -0.39 is 6.09 Å². The van der Waals surface area contributed by atoms with Crippen molar-refractivity contribution in [2.45, 2.75) is 0 Å². The van der Waals surface area contributed by atoms with E-state index in [2.05, 4.69) is 10.1 Å². The van der Waals surface area contributed by atoms with Crippen LogP contribution in [0.1, 0.15) is 0 Å². The fourth-order valence-electron chi connectivity index (χ4n) is 1.06. The first-order valence-corrected chi connectivity index (χ1v) is 4.28. The van der Waals surface area contributed by atoms with Gasteiger partial charge in [-0.1, -0.05) is 0 Å². The average molecular weight is 211 g/mol. The molecule has 15 heavy (non-hydrogen) atoms. The zero-order valence-corrected chi connectivity index (χ0v) is 8.87. The summed E-state index contributed by atoms with van der Waals surface area (Å²) in [5.74, 6) is 1.17. The largest absolute Gasteiger partial charge is 0.497 e. The van der Waals surface area contributed by atoms with Crippen molar-refractivity contribution in [3.8, 4) is 11.5 Å². The van der Waals surface area contributed by atoms with Gasteiger partial charge < -0.3 is 14.2 Å². The molecular formula is C10H13NO4. The van der Waals surface area contributed by atoms with Crippen LogP contribution in [-0.4, -0.2) is 27.4 Å². The van der Waals surface area contributed by atoms with Crippen LogP contribution in [0.5, 0.6) is 11.5 Å². The maximum Gasteiger partial charge on any atom is 0.411 e. The predicted molar refractivity (Wildman–Crippen MR) is 55.6 cm³/mol. The number of rotatable bonds is 3. The number of carbonyl (C=O) groups is 1. The quantitative estimate of drug-likeness (QED) is 0.829. The molecule has 0 fully saturated rings. The molecule has 0 aromatic heterocycles. The molecule has 1 aromatic carbocycles. The van der Waals surface area contributed by atoms with Gasteiger partial charge in [0.1, 0.15) is 11.5 Å². The molecule has 0 unspecified atom stereocenters. The molecular weight excluding hydrogens is 198 g/mol. The van der Waals surface area contributed by atoms with Gasteiger partial charge in [-0.2, -0.15) is 0 Å². The minimum Gasteiger partial charge on any atom is -0.497 e. The van der Waals surface area contributed by atoms with Crippen molar-refractivity contribution in [1.82, 2.24) is 0 Å². The number of anilines is 1. The normalized spacial score (nSPS) is 9.27. The molecule has 0 aliphatic carbocycles. The molecule has 5 nitrogen and oxygen atoms in total. The molecule has 1 aromatic rings. The molecule has 5 heteroatoms. The van der Waals surface area contributed by atoms with Gasteiger partial charge in [-0.25, -0.2) is 4.79 Å². The van der Waals surface area contributed by atoms with Crippen LogP contribution in [0.4, 0.5) is 10.5 Å². The summed E-state index contributed by atoms with van der Waals surface area (Å²) in [5.41, 5.74) is 0.533. The Hall–Kier alpha value is -1.91. The molecule has 0 aliphatic heterocycles. The van der Waals surface area contributed by atoms with Gasteiger partial charge in [0.15, 0.2) is 0 Å². The molecule has 1 N–H and O–H groups in total. The monoisotopic (exact) mass is 211 g/mol. The highest BCUT2D eigenvalue weighted by Crippen LogP contribution is 2.28. The number of benzene rings is 1. The van der Waals surface area contributed by atoms with Gasteiger partial charge in [0.25, 0.3) is 0 Å². The van der Waals surface area contributed by atoms with E-state index >= 15 is 0 Å². The second kappa shape index (κ2) is 5.09. The smallest absolute Gasteiger partial charge is 0.411 e. The van der Waals surface area contributed by atoms with E-state index in [0.29, 0.717) is 17.2 Å². The number of carbonyl (C=O) groups excluding carboxylic acids is 1. The number of hydrogen-bond donors (Lipinski definition) is 1. The molecule has 0 bridgehead atoms. The molecule has 0 atom stereocenters. The van der Waals surface area contributed by atoms with Crippen LogP contribution in [0, 0.1) is 0 Å². The number of amides is 1. The highest BCUT2D eigenvalue weighted by Gasteiger charge is 2.07. The van der Waals surface area contributed by atoms with Crippen molar-refractivity contribution in [1.29, 1.82) is 0 Å². The molecule has 82 valence electrons. The summed E-state index contributed by atoms with van der Waals surface area (Å²) in [6.45, 7) is 0. The Bertz CT molecular complexity index is 351. The highest BCUT2D eigenvalue weighted by molar-refractivity contribution is 5.86. The van der Waals surface area contributed by atoms with Crippen LogP contribution >= 0.6 is 0 Å². The fourth-order valence-corrected chi connectivity index (χ4v) is 1.06. The van der Waals surface area contributed by atoms with E-state index in [1.165, 1.54) is 14.2 Å². The van der Waals surface area contributed by atoms with Gasteiger partial charge >= 0.3 is 6.09 Å². The number of methoxy groups -OCH3 is 3. The summed E-state index contributed by atoms with van der Waals surface area (Å²) in [7, 11) is 4.37. The Morgan fingerprint density at radius 3 is 2.47 bits per heavy atom. The second-order valence-electron chi connectivity index (χ2n) is 2.68. The molecule has 0 saturated carbocycles. The van der Waals surface area contributed by atoms with E-state index in [1.807, 2.05) is 0 Å². The Kier molecular flexibility index (Phi) is 3.79. The molecule has 0 saturated heterocycles. The summed E-state index contributed by atoms with van der Waals surface area (Å²) >= 11 is 0. The van der Waals surface area contributed by atoms with E-state index in [1.54, 1.807) is 25.3 Å². The third-order valence-corrected chi connectivity index (χ3v) is 1.83. The van der Waals surface area contributed by atoms with Crippen molar-refractivity contribution in [2.24, 2.45) is 0 Å². The first kappa shape index (κ1) is 11.2. The summed E-state index contributed by atoms with van der Waals surface area (Å²) < 4.78 is 14.6. The standard InChI is InChI=1S/C10H13NO4/c1-13-7-4-5-8(9(6-7)14-2)11-10(12)15-3/h4-6H,1-3H3,(H,11,12). The van der Waals surface area contributed by atoms with E-state index in [0.717, 1.165) is 0 Å². The Balaban J connectivity index is 2.92. The maximum atomic E-state index is 11.0. The molecule has 1 amide bonds. The highest BCUT2D eigenvalue weighted by atomic mass is 16.5. The Morgan fingerprint density at radius 1 is 1.20 bits per heavy atom. The van der Waals surface area contributed by atoms with Gasteiger partial charge in [-0.15, -0.1) is 0 Å². The topological polar surface area (TPSA) is 56.8 Å². The third kappa shape index (κ3) is 2.77. The van der Waals surface area contributed by atoms with Crippen LogP contribution in [0.3, 0.4) is 0 Å². The molecule has 0 aliphatic rings. The lowest BCUT2D eigenvalue weighted by atomic mass is 10.3. The average Bonchev–Trinajstić information content (AvgIpc) is 2.29. The van der Waals surface area contributed by atoms with Gasteiger partial charge in [0.2, 0.25) is 0 Å². The molecule has 0 heterocycles. The van der Waals surface area contributed by atoms with Crippen LogP contribution in [0.25, 0.3) is 0 Å². The van der Waals surface area contributed by atoms with Gasteiger partial charge in [0.05, 0.1) is 27.0 Å². The molecule has 1 rings (SSSR count). The van der Waals surface area contributed by atoms with Crippen LogP contribution in [0.15, 0.2) is 18.2 Å². The van der Waals surface area contributed by atoms with Gasteiger partial charge in [-0.05, 0) is 12.1 Å². The lowest BCUT2D eigenvalue weighted by molar-refractivity contribution is 0.187. The van der Waals surface area contributed by atoms with Crippen LogP contribution < -0.4 is 14.8 Å². The van der Waals surface area contributed by atoms with E-state index in [4.69, 9.17) is 9.47 Å². The lowest BCUT2D eigenvalue weighted by Crippen LogP contribution is -2.11. The van der Waals surface area contributed by atoms with Crippen molar-refractivity contribution in [2.75, 3.05) is 26.6 Å². The first-order valence-electron chi connectivity index (χ1n) is 4.28. The fraction of sp³-hybridized carbons (Fsp3) is 0.300. The minimum atomic E-state index is -0.543. The van der Waals surface area contributed by atoms with Crippen LogP contribution in [0.2, 0.25) is 0 Å². The number of nitrogens with one attached hydrogen (secondary N) is 1. The summed E-state index contributed by atoms with van der Waals surface area (Å²) in [4.78, 5) is 11.0. The van der Waals surface area contributed by atoms with Crippen molar-refractivity contribution in [3.63, 3.8) is 0 Å². The zero-order chi connectivity index (χ0) is 11.3. The van der Waals surface area contributed by atoms with E-state index in [9.17, 15) is 4.79 Å². The molecule has 0 spiro atoms. The predicted octanol–water partition coefficient (Wildman–Crippen LogP) is 1.88. The van der Waals surface area contributed by atoms with Crippen molar-refractivity contribution < 1.29 is 19.0 Å². The summed E-state index contributed by atoms with van der Waals surface area (Å²) in [6, 6.07) is 5.06. The lowest BCUT2D eigenvalue weighted by Gasteiger charge is -2.10. The maximum absolute atomic E-state index is 11.0. The third-order valence-electron chi connectivity index (χ3n) is 1.83. The zero-order valence-electron chi connectivity index (χ0n) is 8.87. The Labute approximate surface area is 87.9 Å². The van der Waals surface area contributed by atoms with Gasteiger partial charge in [-0.3, -0.25) is 5.32 Å². The summed E-state index contributed by atoms with van der Waals surface area (Å²) in [5, 5.41) is 2.52. The van der Waals surface area contributed by atoms with Crippen LogP contribution in [-0.2, 0) is 4.74 Å². The Morgan fingerprint density at radius 2 is 1.93 bits per heavy atom. The molecule has 0 radical (unpaired) electrons. The van der Waals surface area contributed by atoms with Crippen molar-refractivity contribution in [3.05, 3.63) is 18.2 Å².